The summed E-state index contributed by atoms with van der Waals surface area (Å²) in [7, 11) is 0. The standard InChI is InChI=1S/C17H18N2O6/c1-16(2)17(3,21)15(24-11-6-7-18-14(20)9-11)12-8-10(19(22)23)4-5-13(12)25-16/h4-9,15,21H,1-3H3,(H,18,20). The van der Waals surface area contributed by atoms with Gasteiger partial charge in [-0.15, -0.1) is 0 Å². The number of pyridine rings is 1. The van der Waals surface area contributed by atoms with Crippen LogP contribution >= 0.6 is 0 Å². The molecule has 8 nitrogen and oxygen atoms in total. The molecule has 2 unspecified atom stereocenters. The monoisotopic (exact) mass is 346 g/mol. The number of non-ortho nitro benzene ring substituents is 1. The number of ether oxygens (including phenoxy) is 2. The number of aromatic nitrogens is 1. The zero-order chi connectivity index (χ0) is 18.4. The molecule has 25 heavy (non-hydrogen) atoms. The maximum absolute atomic E-state index is 11.1. The van der Waals surface area contributed by atoms with Crippen LogP contribution in [0.5, 0.6) is 17.4 Å². The fourth-order valence-corrected chi connectivity index (χ4v) is 2.73. The van der Waals surface area contributed by atoms with Gasteiger partial charge in [0.15, 0.2) is 6.10 Å². The first-order valence-corrected chi connectivity index (χ1v) is 7.63. The summed E-state index contributed by atoms with van der Waals surface area (Å²) < 4.78 is 11.7. The van der Waals surface area contributed by atoms with Gasteiger partial charge in [-0.2, -0.15) is 0 Å². The number of rotatable bonds is 3. The summed E-state index contributed by atoms with van der Waals surface area (Å²) in [5.74, 6) is 0.432. The molecular weight excluding hydrogens is 328 g/mol. The minimum atomic E-state index is -1.51. The zero-order valence-corrected chi connectivity index (χ0v) is 14.0. The third-order valence-electron chi connectivity index (χ3n) is 4.55. The number of nitro groups is 1. The van der Waals surface area contributed by atoms with E-state index in [4.69, 9.17) is 9.47 Å². The van der Waals surface area contributed by atoms with E-state index in [0.717, 1.165) is 0 Å². The van der Waals surface area contributed by atoms with Crippen molar-refractivity contribution in [3.8, 4) is 17.4 Å². The van der Waals surface area contributed by atoms with Crippen molar-refractivity contribution in [2.75, 3.05) is 0 Å². The molecule has 8 heteroatoms. The molecule has 0 aliphatic carbocycles. The lowest BCUT2D eigenvalue weighted by Crippen LogP contribution is -2.59. The minimum absolute atomic E-state index is 0.135. The van der Waals surface area contributed by atoms with Crippen molar-refractivity contribution in [2.45, 2.75) is 38.1 Å². The average molecular weight is 346 g/mol. The molecule has 1 aromatic heterocycles. The molecule has 0 radical (unpaired) electrons. The molecule has 2 N–H and O–H groups in total. The smallest absolute Gasteiger partial charge is 0.270 e. The Balaban J connectivity index is 2.12. The molecule has 132 valence electrons. The first kappa shape index (κ1) is 17.0. The first-order valence-electron chi connectivity index (χ1n) is 7.63. The predicted molar refractivity (Wildman–Crippen MR) is 87.7 cm³/mol. The third kappa shape index (κ3) is 2.85. The number of benzene rings is 1. The Bertz CT molecular complexity index is 834. The molecule has 1 aliphatic heterocycles. The van der Waals surface area contributed by atoms with Gasteiger partial charge in [-0.3, -0.25) is 10.1 Å². The molecule has 0 spiro atoms. The Hall–Kier alpha value is -2.87. The Morgan fingerprint density at radius 2 is 2.00 bits per heavy atom. The van der Waals surface area contributed by atoms with Crippen molar-refractivity contribution in [1.29, 1.82) is 0 Å². The third-order valence-corrected chi connectivity index (χ3v) is 4.55. The molecule has 3 rings (SSSR count). The molecule has 1 aromatic carbocycles. The molecule has 0 saturated carbocycles. The Morgan fingerprint density at radius 1 is 1.28 bits per heavy atom. The molecule has 0 saturated heterocycles. The summed E-state index contributed by atoms with van der Waals surface area (Å²) in [4.78, 5) is 14.3. The molecule has 2 aromatic rings. The first-order chi connectivity index (χ1) is 11.6. The fourth-order valence-electron chi connectivity index (χ4n) is 2.73. The summed E-state index contributed by atoms with van der Waals surface area (Å²) in [5.41, 5.74) is -2.30. The van der Waals surface area contributed by atoms with Gasteiger partial charge in [0.1, 0.15) is 22.7 Å². The molecule has 1 aliphatic rings. The van der Waals surface area contributed by atoms with Gasteiger partial charge in [0, 0.05) is 30.0 Å². The van der Waals surface area contributed by atoms with Crippen LogP contribution in [0, 0.1) is 10.1 Å². The minimum Gasteiger partial charge on any atom is -0.493 e. The molecule has 0 bridgehead atoms. The highest BCUT2D eigenvalue weighted by Gasteiger charge is 2.54. The highest BCUT2D eigenvalue weighted by Crippen LogP contribution is 2.49. The van der Waals surface area contributed by atoms with Gasteiger partial charge in [0.25, 0.3) is 5.69 Å². The second-order valence-corrected chi connectivity index (χ2v) is 6.59. The van der Waals surface area contributed by atoms with Crippen molar-refractivity contribution in [1.82, 2.24) is 4.98 Å². The van der Waals surface area contributed by atoms with Crippen molar-refractivity contribution in [3.05, 3.63) is 52.2 Å². The number of hydrogen-bond acceptors (Lipinski definition) is 7. The van der Waals surface area contributed by atoms with Gasteiger partial charge in [-0.1, -0.05) is 0 Å². The summed E-state index contributed by atoms with van der Waals surface area (Å²) in [6.45, 7) is 4.95. The quantitative estimate of drug-likeness (QED) is 0.648. The van der Waals surface area contributed by atoms with E-state index < -0.39 is 22.2 Å². The van der Waals surface area contributed by atoms with Crippen molar-refractivity contribution >= 4 is 5.69 Å². The van der Waals surface area contributed by atoms with Gasteiger partial charge in [-0.25, -0.2) is 4.98 Å². The maximum atomic E-state index is 11.1. The van der Waals surface area contributed by atoms with E-state index in [9.17, 15) is 20.3 Å². The van der Waals surface area contributed by atoms with Crippen molar-refractivity contribution < 1.29 is 24.6 Å². The Morgan fingerprint density at radius 3 is 2.64 bits per heavy atom. The number of nitrogens with zero attached hydrogens (tertiary/aromatic N) is 2. The van der Waals surface area contributed by atoms with Gasteiger partial charge in [0.2, 0.25) is 5.88 Å². The molecular formula is C17H18N2O6. The van der Waals surface area contributed by atoms with Gasteiger partial charge in [0.05, 0.1) is 4.92 Å². The number of aromatic hydroxyl groups is 1. The van der Waals surface area contributed by atoms with E-state index in [2.05, 4.69) is 4.98 Å². The van der Waals surface area contributed by atoms with Crippen LogP contribution in [-0.2, 0) is 0 Å². The van der Waals surface area contributed by atoms with E-state index in [1.807, 2.05) is 0 Å². The maximum Gasteiger partial charge on any atom is 0.270 e. The van der Waals surface area contributed by atoms with Crippen LogP contribution in [0.2, 0.25) is 0 Å². The Labute approximate surface area is 143 Å². The molecule has 2 atom stereocenters. The van der Waals surface area contributed by atoms with Crippen molar-refractivity contribution in [3.63, 3.8) is 0 Å². The molecule has 0 amide bonds. The van der Waals surface area contributed by atoms with Crippen LogP contribution < -0.4 is 9.47 Å². The summed E-state index contributed by atoms with van der Waals surface area (Å²) >= 11 is 0. The van der Waals surface area contributed by atoms with Crippen molar-refractivity contribution in [2.24, 2.45) is 0 Å². The topological polar surface area (TPSA) is 115 Å². The van der Waals surface area contributed by atoms with E-state index in [1.54, 1.807) is 20.8 Å². The number of nitro benzene ring substituents is 1. The normalized spacial score (nSPS) is 24.1. The van der Waals surface area contributed by atoms with Gasteiger partial charge >= 0.3 is 0 Å². The van der Waals surface area contributed by atoms with E-state index in [0.29, 0.717) is 11.3 Å². The largest absolute Gasteiger partial charge is 0.493 e. The van der Waals surface area contributed by atoms with E-state index in [-0.39, 0.29) is 17.3 Å². The lowest BCUT2D eigenvalue weighted by atomic mass is 9.77. The number of hydrogen-bond donors (Lipinski definition) is 2. The number of aliphatic hydroxyl groups is 1. The van der Waals surface area contributed by atoms with Gasteiger partial charge < -0.3 is 19.7 Å². The highest BCUT2D eigenvalue weighted by atomic mass is 16.6. The summed E-state index contributed by atoms with van der Waals surface area (Å²) in [6, 6.07) is 6.98. The number of fused-ring (bicyclic) bond motifs is 1. The summed E-state index contributed by atoms with van der Waals surface area (Å²) in [5, 5.41) is 31.7. The molecule has 2 heterocycles. The lowest BCUT2D eigenvalue weighted by molar-refractivity contribution is -0.385. The second kappa shape index (κ2) is 5.59. The SMILES string of the molecule is CC1(C)Oc2ccc([N+](=O)[O-])cc2C(Oc2ccnc(O)c2)C1(C)O. The van der Waals surface area contributed by atoms with Crippen LogP contribution in [0.15, 0.2) is 36.5 Å². The van der Waals surface area contributed by atoms with Crippen LogP contribution in [0.1, 0.15) is 32.4 Å². The summed E-state index contributed by atoms with van der Waals surface area (Å²) in [6.07, 6.45) is 0.408. The second-order valence-electron chi connectivity index (χ2n) is 6.59. The van der Waals surface area contributed by atoms with Gasteiger partial charge in [-0.05, 0) is 32.9 Å². The highest BCUT2D eigenvalue weighted by molar-refractivity contribution is 5.49. The zero-order valence-electron chi connectivity index (χ0n) is 14.0. The van der Waals surface area contributed by atoms with Crippen LogP contribution in [0.25, 0.3) is 0 Å². The fraction of sp³-hybridized carbons (Fsp3) is 0.353. The van der Waals surface area contributed by atoms with E-state index in [1.165, 1.54) is 36.5 Å². The van der Waals surface area contributed by atoms with E-state index >= 15 is 0 Å². The Kier molecular flexibility index (Phi) is 3.80. The predicted octanol–water partition coefficient (Wildman–Crippen LogP) is 2.74. The average Bonchev–Trinajstić information content (AvgIpc) is 2.51. The van der Waals surface area contributed by atoms with Crippen LogP contribution in [0.3, 0.4) is 0 Å². The van der Waals surface area contributed by atoms with Crippen LogP contribution in [0.4, 0.5) is 5.69 Å². The van der Waals surface area contributed by atoms with Crippen LogP contribution in [-0.4, -0.2) is 31.3 Å². The molecule has 0 fully saturated rings. The lowest BCUT2D eigenvalue weighted by Gasteiger charge is -2.48.